The van der Waals surface area contributed by atoms with Gasteiger partial charge in [0.2, 0.25) is 0 Å². The van der Waals surface area contributed by atoms with Crippen LogP contribution in [0.4, 0.5) is 0 Å². The van der Waals surface area contributed by atoms with Crippen molar-refractivity contribution >= 4 is 0 Å². The molecule has 0 radical (unpaired) electrons. The van der Waals surface area contributed by atoms with Gasteiger partial charge in [-0.15, -0.1) is 0 Å². The van der Waals surface area contributed by atoms with Crippen LogP contribution < -0.4 is 0 Å². The van der Waals surface area contributed by atoms with Gasteiger partial charge in [-0.05, 0) is 30.1 Å². The lowest BCUT2D eigenvalue weighted by Crippen LogP contribution is -2.34. The molecule has 1 unspecified atom stereocenters. The van der Waals surface area contributed by atoms with Crippen molar-refractivity contribution in [2.45, 2.75) is 46.0 Å². The molecular weight excluding hydrogens is 144 g/mol. The molecule has 1 atom stereocenters. The van der Waals surface area contributed by atoms with Crippen LogP contribution in [-0.4, -0.2) is 0 Å². The molecule has 2 aliphatic carbocycles. The molecular formula is C12H20. The molecule has 68 valence electrons. The summed E-state index contributed by atoms with van der Waals surface area (Å²) in [5.41, 5.74) is 0.489. The minimum atomic E-state index is 0.489. The molecule has 0 heterocycles. The van der Waals surface area contributed by atoms with Crippen LogP contribution in [0.15, 0.2) is 12.2 Å². The first kappa shape index (κ1) is 8.34. The standard InChI is InChI=1S/C12H20/c1-12(2)9-4-3-8-11(12)10-6-5-7-10/h4,9-11H,3,5-8H2,1-2H3. The summed E-state index contributed by atoms with van der Waals surface area (Å²) in [6.45, 7) is 4.82. The van der Waals surface area contributed by atoms with E-state index in [4.69, 9.17) is 0 Å². The lowest BCUT2D eigenvalue weighted by atomic mass is 9.61. The quantitative estimate of drug-likeness (QED) is 0.517. The molecule has 2 rings (SSSR count). The Morgan fingerprint density at radius 3 is 2.42 bits per heavy atom. The van der Waals surface area contributed by atoms with Crippen LogP contribution in [0.2, 0.25) is 0 Å². The van der Waals surface area contributed by atoms with Crippen LogP contribution in [0.25, 0.3) is 0 Å². The van der Waals surface area contributed by atoms with Gasteiger partial charge in [0.05, 0.1) is 0 Å². The van der Waals surface area contributed by atoms with Crippen molar-refractivity contribution in [3.8, 4) is 0 Å². The second kappa shape index (κ2) is 2.90. The van der Waals surface area contributed by atoms with Crippen LogP contribution in [-0.2, 0) is 0 Å². The van der Waals surface area contributed by atoms with Crippen LogP contribution >= 0.6 is 0 Å². The van der Waals surface area contributed by atoms with E-state index in [1.165, 1.54) is 32.1 Å². The lowest BCUT2D eigenvalue weighted by molar-refractivity contribution is 0.103. The summed E-state index contributed by atoms with van der Waals surface area (Å²) in [4.78, 5) is 0. The SMILES string of the molecule is CC1(C)C=CCCC1C1CCC1. The Kier molecular flexibility index (Phi) is 2.02. The number of rotatable bonds is 1. The molecule has 12 heavy (non-hydrogen) atoms. The van der Waals surface area contributed by atoms with E-state index >= 15 is 0 Å². The van der Waals surface area contributed by atoms with Gasteiger partial charge in [-0.3, -0.25) is 0 Å². The monoisotopic (exact) mass is 164 g/mol. The van der Waals surface area contributed by atoms with Crippen molar-refractivity contribution in [3.63, 3.8) is 0 Å². The van der Waals surface area contributed by atoms with Gasteiger partial charge in [0.1, 0.15) is 0 Å². The van der Waals surface area contributed by atoms with Crippen LogP contribution in [0.5, 0.6) is 0 Å². The largest absolute Gasteiger partial charge is 0.0880 e. The minimum Gasteiger partial charge on any atom is -0.0880 e. The first-order valence-corrected chi connectivity index (χ1v) is 5.38. The Labute approximate surface area is 76.1 Å². The van der Waals surface area contributed by atoms with Crippen molar-refractivity contribution in [2.75, 3.05) is 0 Å². The van der Waals surface area contributed by atoms with Crippen LogP contribution in [0.1, 0.15) is 46.0 Å². The minimum absolute atomic E-state index is 0.489. The Balaban J connectivity index is 2.07. The van der Waals surface area contributed by atoms with E-state index in [-0.39, 0.29) is 0 Å². The molecule has 0 N–H and O–H groups in total. The molecule has 1 fully saturated rings. The van der Waals surface area contributed by atoms with E-state index in [0.29, 0.717) is 5.41 Å². The molecule has 0 aliphatic heterocycles. The molecule has 0 bridgehead atoms. The third kappa shape index (κ3) is 1.32. The molecule has 0 nitrogen and oxygen atoms in total. The lowest BCUT2D eigenvalue weighted by Gasteiger charge is -2.44. The van der Waals surface area contributed by atoms with Crippen molar-refractivity contribution in [2.24, 2.45) is 17.3 Å². The van der Waals surface area contributed by atoms with Crippen LogP contribution in [0.3, 0.4) is 0 Å². The Hall–Kier alpha value is -0.260. The fourth-order valence-corrected chi connectivity index (χ4v) is 2.84. The number of allylic oxidation sites excluding steroid dienone is 2. The van der Waals surface area contributed by atoms with Gasteiger partial charge >= 0.3 is 0 Å². The predicted molar refractivity (Wildman–Crippen MR) is 53.0 cm³/mol. The zero-order chi connectivity index (χ0) is 8.60. The van der Waals surface area contributed by atoms with E-state index in [9.17, 15) is 0 Å². The van der Waals surface area contributed by atoms with E-state index in [1.807, 2.05) is 0 Å². The number of hydrogen-bond acceptors (Lipinski definition) is 0. The summed E-state index contributed by atoms with van der Waals surface area (Å²) >= 11 is 0. The fourth-order valence-electron chi connectivity index (χ4n) is 2.84. The zero-order valence-corrected chi connectivity index (χ0v) is 8.34. The summed E-state index contributed by atoms with van der Waals surface area (Å²) in [5.74, 6) is 2.04. The second-order valence-electron chi connectivity index (χ2n) is 5.10. The molecule has 0 aromatic carbocycles. The first-order valence-electron chi connectivity index (χ1n) is 5.38. The molecule has 0 spiro atoms. The normalized spacial score (nSPS) is 34.7. The third-order valence-corrected chi connectivity index (χ3v) is 3.87. The second-order valence-corrected chi connectivity index (χ2v) is 5.10. The van der Waals surface area contributed by atoms with Gasteiger partial charge in [0.15, 0.2) is 0 Å². The smallest absolute Gasteiger partial charge is 0.0144 e. The van der Waals surface area contributed by atoms with Crippen LogP contribution in [0, 0.1) is 17.3 Å². The molecule has 2 aliphatic rings. The highest BCUT2D eigenvalue weighted by Gasteiger charge is 2.37. The number of hydrogen-bond donors (Lipinski definition) is 0. The summed E-state index contributed by atoms with van der Waals surface area (Å²) in [5, 5.41) is 0. The molecule has 0 aromatic rings. The van der Waals surface area contributed by atoms with E-state index in [0.717, 1.165) is 11.8 Å². The Morgan fingerprint density at radius 2 is 1.92 bits per heavy atom. The summed E-state index contributed by atoms with van der Waals surface area (Å²) in [6.07, 6.45) is 12.1. The molecule has 0 aromatic heterocycles. The summed E-state index contributed by atoms with van der Waals surface area (Å²) in [7, 11) is 0. The highest BCUT2D eigenvalue weighted by atomic mass is 14.4. The maximum atomic E-state index is 2.44. The highest BCUT2D eigenvalue weighted by molar-refractivity contribution is 5.05. The van der Waals surface area contributed by atoms with Gasteiger partial charge in [-0.2, -0.15) is 0 Å². The average Bonchev–Trinajstić information content (AvgIpc) is 1.89. The van der Waals surface area contributed by atoms with Gasteiger partial charge in [0, 0.05) is 0 Å². The van der Waals surface area contributed by atoms with E-state index < -0.39 is 0 Å². The maximum absolute atomic E-state index is 2.44. The van der Waals surface area contributed by atoms with Crippen molar-refractivity contribution in [3.05, 3.63) is 12.2 Å². The van der Waals surface area contributed by atoms with E-state index in [2.05, 4.69) is 26.0 Å². The zero-order valence-electron chi connectivity index (χ0n) is 8.34. The third-order valence-electron chi connectivity index (χ3n) is 3.87. The van der Waals surface area contributed by atoms with Gasteiger partial charge in [0.25, 0.3) is 0 Å². The Morgan fingerprint density at radius 1 is 1.17 bits per heavy atom. The molecule has 0 amide bonds. The van der Waals surface area contributed by atoms with Crippen molar-refractivity contribution in [1.82, 2.24) is 0 Å². The molecule has 0 heteroatoms. The Bertz CT molecular complexity index is 184. The topological polar surface area (TPSA) is 0 Å². The van der Waals surface area contributed by atoms with Gasteiger partial charge < -0.3 is 0 Å². The van der Waals surface area contributed by atoms with Crippen molar-refractivity contribution < 1.29 is 0 Å². The van der Waals surface area contributed by atoms with Gasteiger partial charge in [-0.25, -0.2) is 0 Å². The molecule has 0 saturated heterocycles. The average molecular weight is 164 g/mol. The van der Waals surface area contributed by atoms with E-state index in [1.54, 1.807) is 0 Å². The van der Waals surface area contributed by atoms with Crippen molar-refractivity contribution in [1.29, 1.82) is 0 Å². The highest BCUT2D eigenvalue weighted by Crippen LogP contribution is 2.47. The fraction of sp³-hybridized carbons (Fsp3) is 0.833. The molecule has 1 saturated carbocycles. The van der Waals surface area contributed by atoms with Gasteiger partial charge in [-0.1, -0.05) is 45.3 Å². The predicted octanol–water partition coefficient (Wildman–Crippen LogP) is 3.78. The summed E-state index contributed by atoms with van der Waals surface area (Å²) < 4.78 is 0. The summed E-state index contributed by atoms with van der Waals surface area (Å²) in [6, 6.07) is 0. The first-order chi connectivity index (χ1) is 5.70. The maximum Gasteiger partial charge on any atom is -0.0144 e.